The van der Waals surface area contributed by atoms with Crippen molar-refractivity contribution in [3.8, 4) is 0 Å². The number of hydrogen-bond donors (Lipinski definition) is 0. The summed E-state index contributed by atoms with van der Waals surface area (Å²) in [7, 11) is 0. The summed E-state index contributed by atoms with van der Waals surface area (Å²) in [6.07, 6.45) is 9.33. The van der Waals surface area contributed by atoms with E-state index in [1.54, 1.807) is 30.5 Å². The monoisotopic (exact) mass is 329 g/mol. The maximum absolute atomic E-state index is 12.8. The number of benzene rings is 1. The molecule has 5 nitrogen and oxygen atoms in total. The van der Waals surface area contributed by atoms with Gasteiger partial charge in [-0.2, -0.15) is 0 Å². The molecule has 122 valence electrons. The number of carbonyl (C=O) groups is 1. The fraction of sp³-hybridized carbons (Fsp3) is 0.100. The van der Waals surface area contributed by atoms with Gasteiger partial charge in [0.2, 0.25) is 0 Å². The van der Waals surface area contributed by atoms with Crippen molar-refractivity contribution in [3.05, 3.63) is 76.8 Å². The number of carbonyl (C=O) groups excluding carboxylic acids is 1. The molecular weight excluding hydrogens is 314 g/mol. The Kier molecular flexibility index (Phi) is 3.61. The van der Waals surface area contributed by atoms with E-state index in [1.807, 2.05) is 37.3 Å². The smallest absolute Gasteiger partial charge is 0.265 e. The first kappa shape index (κ1) is 15.2. The van der Waals surface area contributed by atoms with Crippen LogP contribution in [-0.2, 0) is 0 Å². The highest BCUT2D eigenvalue weighted by molar-refractivity contribution is 6.07. The highest BCUT2D eigenvalue weighted by Crippen LogP contribution is 2.26. The van der Waals surface area contributed by atoms with Gasteiger partial charge >= 0.3 is 0 Å². The zero-order chi connectivity index (χ0) is 17.4. The molecule has 3 heterocycles. The third-order valence-corrected chi connectivity index (χ3v) is 4.12. The van der Waals surface area contributed by atoms with Crippen molar-refractivity contribution in [2.45, 2.75) is 13.3 Å². The first-order valence-electron chi connectivity index (χ1n) is 8.00. The maximum atomic E-state index is 12.8. The van der Waals surface area contributed by atoms with Gasteiger partial charge in [0.25, 0.3) is 5.56 Å². The van der Waals surface area contributed by atoms with E-state index in [4.69, 9.17) is 0 Å². The maximum Gasteiger partial charge on any atom is 0.265 e. The minimum Gasteiger partial charge on any atom is -0.294 e. The second-order valence-corrected chi connectivity index (χ2v) is 5.90. The Morgan fingerprint density at radius 2 is 2.00 bits per heavy atom. The summed E-state index contributed by atoms with van der Waals surface area (Å²) in [5.41, 5.74) is 2.64. The van der Waals surface area contributed by atoms with Crippen LogP contribution in [0.15, 0.2) is 70.6 Å². The average molecular weight is 329 g/mol. The first-order chi connectivity index (χ1) is 12.1. The molecule has 0 saturated heterocycles. The lowest BCUT2D eigenvalue weighted by Gasteiger charge is -2.09. The van der Waals surface area contributed by atoms with Crippen LogP contribution in [0, 0.1) is 0 Å². The Labute approximate surface area is 143 Å². The van der Waals surface area contributed by atoms with Crippen molar-refractivity contribution in [2.24, 2.45) is 4.99 Å². The number of pyridine rings is 1. The lowest BCUT2D eigenvalue weighted by molar-refractivity contribution is 0.0996. The van der Waals surface area contributed by atoms with E-state index in [0.29, 0.717) is 27.8 Å². The summed E-state index contributed by atoms with van der Waals surface area (Å²) in [4.78, 5) is 34.4. The van der Waals surface area contributed by atoms with Gasteiger partial charge in [-0.05, 0) is 37.3 Å². The number of ketones is 1. The summed E-state index contributed by atoms with van der Waals surface area (Å²) in [5.74, 6) is -0.0462. The van der Waals surface area contributed by atoms with Crippen molar-refractivity contribution in [1.29, 1.82) is 0 Å². The molecule has 1 aliphatic heterocycles. The summed E-state index contributed by atoms with van der Waals surface area (Å²) in [5, 5.41) is 0.448. The van der Waals surface area contributed by atoms with E-state index < -0.39 is 0 Å². The van der Waals surface area contributed by atoms with Crippen molar-refractivity contribution in [3.63, 3.8) is 0 Å². The molecule has 0 N–H and O–H groups in total. The van der Waals surface area contributed by atoms with Gasteiger partial charge in [0.15, 0.2) is 5.78 Å². The highest BCUT2D eigenvalue weighted by Gasteiger charge is 2.15. The molecule has 3 aromatic rings. The van der Waals surface area contributed by atoms with E-state index in [0.717, 1.165) is 5.71 Å². The van der Waals surface area contributed by atoms with Gasteiger partial charge < -0.3 is 0 Å². The molecule has 25 heavy (non-hydrogen) atoms. The fourth-order valence-corrected chi connectivity index (χ4v) is 2.89. The van der Waals surface area contributed by atoms with Crippen LogP contribution in [0.2, 0.25) is 0 Å². The van der Waals surface area contributed by atoms with Crippen molar-refractivity contribution < 1.29 is 4.79 Å². The molecular formula is C20H15N3O2. The van der Waals surface area contributed by atoms with Gasteiger partial charge in [0.1, 0.15) is 5.65 Å². The Bertz CT molecular complexity index is 1170. The molecule has 4 rings (SSSR count). The fourth-order valence-electron chi connectivity index (χ4n) is 2.89. The second kappa shape index (κ2) is 5.94. The Balaban J connectivity index is 2.08. The number of hydrogen-bond acceptors (Lipinski definition) is 4. The van der Waals surface area contributed by atoms with E-state index in [-0.39, 0.29) is 17.8 Å². The molecule has 0 bridgehead atoms. The number of fused-ring (bicyclic) bond motifs is 3. The lowest BCUT2D eigenvalue weighted by Crippen LogP contribution is -2.15. The van der Waals surface area contributed by atoms with Crippen LogP contribution in [0.4, 0.5) is 5.69 Å². The third-order valence-electron chi connectivity index (χ3n) is 4.12. The van der Waals surface area contributed by atoms with Gasteiger partial charge in [-0.1, -0.05) is 24.3 Å². The summed E-state index contributed by atoms with van der Waals surface area (Å²) in [6.45, 7) is 1.86. The lowest BCUT2D eigenvalue weighted by atomic mass is 10.0. The number of nitrogens with zero attached hydrogens (tertiary/aromatic N) is 3. The predicted octanol–water partition coefficient (Wildman–Crippen LogP) is 3.64. The molecule has 2 aromatic heterocycles. The van der Waals surface area contributed by atoms with Gasteiger partial charge in [-0.25, -0.2) is 4.98 Å². The summed E-state index contributed by atoms with van der Waals surface area (Å²) >= 11 is 0. The Morgan fingerprint density at radius 1 is 1.12 bits per heavy atom. The molecule has 0 atom stereocenters. The highest BCUT2D eigenvalue weighted by atomic mass is 16.1. The topological polar surface area (TPSA) is 63.8 Å². The quantitative estimate of drug-likeness (QED) is 0.592. The molecule has 1 aromatic carbocycles. The van der Waals surface area contributed by atoms with Crippen molar-refractivity contribution in [2.75, 3.05) is 0 Å². The molecule has 5 heteroatoms. The SMILES string of the molecule is CC1=N\c2cc3c(=O)n4ccccc4nc3cc2C(=O)C/C=C/C=C\1. The summed E-state index contributed by atoms with van der Waals surface area (Å²) in [6, 6.07) is 8.72. The zero-order valence-electron chi connectivity index (χ0n) is 13.6. The van der Waals surface area contributed by atoms with Gasteiger partial charge in [0.05, 0.1) is 16.6 Å². The molecule has 0 fully saturated rings. The van der Waals surface area contributed by atoms with E-state index in [1.165, 1.54) is 4.40 Å². The molecule has 0 spiro atoms. The molecule has 0 radical (unpaired) electrons. The second-order valence-electron chi connectivity index (χ2n) is 5.90. The van der Waals surface area contributed by atoms with Crippen LogP contribution >= 0.6 is 0 Å². The Morgan fingerprint density at radius 3 is 2.88 bits per heavy atom. The number of aliphatic imine (C=N–C) groups is 1. The zero-order valence-corrected chi connectivity index (χ0v) is 13.6. The van der Waals surface area contributed by atoms with Crippen LogP contribution in [0.3, 0.4) is 0 Å². The van der Waals surface area contributed by atoms with Gasteiger partial charge in [-0.3, -0.25) is 19.0 Å². The first-order valence-corrected chi connectivity index (χ1v) is 8.00. The van der Waals surface area contributed by atoms with Gasteiger partial charge in [0, 0.05) is 23.9 Å². The molecule has 0 saturated carbocycles. The average Bonchev–Trinajstić information content (AvgIpc) is 2.61. The minimum atomic E-state index is -0.170. The molecule has 0 aliphatic carbocycles. The molecule has 1 aliphatic rings. The standard InChI is InChI=1S/C20H15N3O2/c1-13-7-3-2-4-8-18(24)14-11-17-15(12-16(14)21-13)20(25)23-10-6-5-9-19(23)22-17/h2-7,9-12H,8H2,1H3/b4-2+,7-3-,21-13+. The van der Waals surface area contributed by atoms with Crippen LogP contribution in [0.5, 0.6) is 0 Å². The molecule has 0 unspecified atom stereocenters. The van der Waals surface area contributed by atoms with Crippen molar-refractivity contribution in [1.82, 2.24) is 9.38 Å². The number of Topliss-reactive ketones (excluding diaryl/α,β-unsaturated/α-hetero) is 1. The van der Waals surface area contributed by atoms with Crippen LogP contribution in [-0.4, -0.2) is 20.9 Å². The minimum absolute atomic E-state index is 0.0462. The molecule has 0 amide bonds. The Hall–Kier alpha value is -3.34. The van der Waals surface area contributed by atoms with Gasteiger partial charge in [-0.15, -0.1) is 0 Å². The third kappa shape index (κ3) is 2.70. The largest absolute Gasteiger partial charge is 0.294 e. The number of aromatic nitrogens is 2. The van der Waals surface area contributed by atoms with Crippen LogP contribution < -0.4 is 5.56 Å². The van der Waals surface area contributed by atoms with E-state index >= 15 is 0 Å². The van der Waals surface area contributed by atoms with E-state index in [9.17, 15) is 9.59 Å². The number of allylic oxidation sites excluding steroid dienone is 4. The normalized spacial score (nSPS) is 19.2. The summed E-state index contributed by atoms with van der Waals surface area (Å²) < 4.78 is 1.50. The van der Waals surface area contributed by atoms with E-state index in [2.05, 4.69) is 9.98 Å². The number of rotatable bonds is 0. The van der Waals surface area contributed by atoms with Crippen LogP contribution in [0.1, 0.15) is 23.7 Å². The van der Waals surface area contributed by atoms with Crippen LogP contribution in [0.25, 0.3) is 16.6 Å². The van der Waals surface area contributed by atoms with Crippen molar-refractivity contribution >= 4 is 33.7 Å². The predicted molar refractivity (Wildman–Crippen MR) is 99.0 cm³/mol.